The van der Waals surface area contributed by atoms with E-state index in [1.165, 1.54) is 5.56 Å². The summed E-state index contributed by atoms with van der Waals surface area (Å²) in [5.74, 6) is 0.00113. The molecule has 30 heavy (non-hydrogen) atoms. The van der Waals surface area contributed by atoms with Crippen molar-refractivity contribution in [2.75, 3.05) is 25.0 Å². The molecular formula is C24H30N4O2. The van der Waals surface area contributed by atoms with Gasteiger partial charge in [0.2, 0.25) is 5.91 Å². The van der Waals surface area contributed by atoms with Crippen LogP contribution in [0.5, 0.6) is 0 Å². The molecule has 0 bridgehead atoms. The Morgan fingerprint density at radius 1 is 1.07 bits per heavy atom. The number of piperidine rings is 1. The van der Waals surface area contributed by atoms with Gasteiger partial charge in [0, 0.05) is 24.8 Å². The van der Waals surface area contributed by atoms with E-state index in [9.17, 15) is 9.59 Å². The number of imidazole rings is 1. The second-order valence-electron chi connectivity index (χ2n) is 9.20. The predicted molar refractivity (Wildman–Crippen MR) is 121 cm³/mol. The largest absolute Gasteiger partial charge is 0.326 e. The highest BCUT2D eigenvalue weighted by Crippen LogP contribution is 2.25. The van der Waals surface area contributed by atoms with E-state index in [1.807, 2.05) is 41.0 Å². The molecule has 0 unspecified atom stereocenters. The Labute approximate surface area is 176 Å². The summed E-state index contributed by atoms with van der Waals surface area (Å²) >= 11 is 0. The first-order valence-corrected chi connectivity index (χ1v) is 10.6. The first kappa shape index (κ1) is 20.4. The highest BCUT2D eigenvalue weighted by atomic mass is 16.2. The molecule has 1 saturated heterocycles. The zero-order valence-corrected chi connectivity index (χ0v) is 17.9. The molecule has 0 saturated carbocycles. The summed E-state index contributed by atoms with van der Waals surface area (Å²) in [5, 5.41) is 3.00. The van der Waals surface area contributed by atoms with Gasteiger partial charge in [0.25, 0.3) is 0 Å². The lowest BCUT2D eigenvalue weighted by Gasteiger charge is -2.32. The zero-order valence-electron chi connectivity index (χ0n) is 17.9. The molecule has 2 aromatic carbocycles. The number of rotatable bonds is 4. The van der Waals surface area contributed by atoms with Gasteiger partial charge in [0.15, 0.2) is 0 Å². The number of hydrogen-bond donors (Lipinski definition) is 2. The SMILES string of the molecule is CC(C)(C)c1ccc(NC(=O)CN2CCC(n3c(=O)[nH]c4ccccc43)CC2)cc1. The zero-order chi connectivity index (χ0) is 21.3. The Hall–Kier alpha value is -2.86. The number of hydrogen-bond acceptors (Lipinski definition) is 3. The summed E-state index contributed by atoms with van der Waals surface area (Å²) in [5.41, 5.74) is 3.95. The van der Waals surface area contributed by atoms with Crippen LogP contribution < -0.4 is 11.0 Å². The van der Waals surface area contributed by atoms with Crippen molar-refractivity contribution in [2.45, 2.75) is 45.1 Å². The van der Waals surface area contributed by atoms with E-state index in [-0.39, 0.29) is 23.1 Å². The predicted octanol–water partition coefficient (Wildman–Crippen LogP) is 3.90. The van der Waals surface area contributed by atoms with Crippen LogP contribution in [0.3, 0.4) is 0 Å². The van der Waals surface area contributed by atoms with Crippen LogP contribution in [0.4, 0.5) is 5.69 Å². The number of H-pyrrole nitrogens is 1. The van der Waals surface area contributed by atoms with Crippen molar-refractivity contribution >= 4 is 22.6 Å². The summed E-state index contributed by atoms with van der Waals surface area (Å²) in [6.07, 6.45) is 1.71. The van der Waals surface area contributed by atoms with Crippen LogP contribution in [0, 0.1) is 0 Å². The molecule has 0 aliphatic carbocycles. The van der Waals surface area contributed by atoms with Gasteiger partial charge in [-0.15, -0.1) is 0 Å². The van der Waals surface area contributed by atoms with Gasteiger partial charge >= 0.3 is 5.69 Å². The van der Waals surface area contributed by atoms with Crippen molar-refractivity contribution in [3.8, 4) is 0 Å². The van der Waals surface area contributed by atoms with Crippen molar-refractivity contribution in [3.63, 3.8) is 0 Å². The highest BCUT2D eigenvalue weighted by Gasteiger charge is 2.24. The average Bonchev–Trinajstić information content (AvgIpc) is 3.04. The number of nitrogens with one attached hydrogen (secondary N) is 2. The molecular weight excluding hydrogens is 376 g/mol. The van der Waals surface area contributed by atoms with Crippen molar-refractivity contribution < 1.29 is 4.79 Å². The minimum Gasteiger partial charge on any atom is -0.325 e. The lowest BCUT2D eigenvalue weighted by molar-refractivity contribution is -0.117. The molecule has 0 radical (unpaired) electrons. The number of carbonyl (C=O) groups excluding carboxylic acids is 1. The van der Waals surface area contributed by atoms with Crippen LogP contribution in [0.25, 0.3) is 11.0 Å². The Morgan fingerprint density at radius 3 is 2.40 bits per heavy atom. The number of aromatic nitrogens is 2. The minimum absolute atomic E-state index is 0.00113. The van der Waals surface area contributed by atoms with Crippen LogP contribution in [-0.2, 0) is 10.2 Å². The van der Waals surface area contributed by atoms with Crippen LogP contribution in [0.15, 0.2) is 53.3 Å². The maximum Gasteiger partial charge on any atom is 0.326 e. The molecule has 1 aromatic heterocycles. The lowest BCUT2D eigenvalue weighted by Crippen LogP contribution is -2.41. The van der Waals surface area contributed by atoms with Crippen LogP contribution in [0.1, 0.15) is 45.2 Å². The number of benzene rings is 2. The third kappa shape index (κ3) is 4.33. The summed E-state index contributed by atoms with van der Waals surface area (Å²) in [6, 6.07) is 16.0. The van der Waals surface area contributed by atoms with Crippen molar-refractivity contribution in [1.29, 1.82) is 0 Å². The fraction of sp³-hybridized carbons (Fsp3) is 0.417. The molecule has 3 aromatic rings. The molecule has 0 atom stereocenters. The second-order valence-corrected chi connectivity index (χ2v) is 9.20. The fourth-order valence-electron chi connectivity index (χ4n) is 4.23. The highest BCUT2D eigenvalue weighted by molar-refractivity contribution is 5.92. The molecule has 1 aliphatic rings. The van der Waals surface area contributed by atoms with Crippen LogP contribution in [-0.4, -0.2) is 40.0 Å². The van der Waals surface area contributed by atoms with E-state index < -0.39 is 0 Å². The number of fused-ring (bicyclic) bond motifs is 1. The molecule has 4 rings (SSSR count). The molecule has 1 aliphatic heterocycles. The van der Waals surface area contributed by atoms with Gasteiger partial charge in [-0.25, -0.2) is 4.79 Å². The van der Waals surface area contributed by atoms with Crippen molar-refractivity contribution in [2.24, 2.45) is 0 Å². The molecule has 1 fully saturated rings. The first-order chi connectivity index (χ1) is 14.3. The third-order valence-corrected chi connectivity index (χ3v) is 5.95. The van der Waals surface area contributed by atoms with E-state index >= 15 is 0 Å². The van der Waals surface area contributed by atoms with Gasteiger partial charge in [-0.3, -0.25) is 14.3 Å². The molecule has 6 heteroatoms. The summed E-state index contributed by atoms with van der Waals surface area (Å²) < 4.78 is 1.88. The number of aromatic amines is 1. The average molecular weight is 407 g/mol. The number of para-hydroxylation sites is 2. The number of amides is 1. The van der Waals surface area contributed by atoms with Gasteiger partial charge in [-0.05, 0) is 48.1 Å². The van der Waals surface area contributed by atoms with E-state index in [4.69, 9.17) is 0 Å². The maximum absolute atomic E-state index is 12.5. The monoisotopic (exact) mass is 406 g/mol. The van der Waals surface area contributed by atoms with E-state index in [2.05, 4.69) is 48.1 Å². The van der Waals surface area contributed by atoms with E-state index in [0.717, 1.165) is 42.7 Å². The first-order valence-electron chi connectivity index (χ1n) is 10.6. The third-order valence-electron chi connectivity index (χ3n) is 5.95. The quantitative estimate of drug-likeness (QED) is 0.690. The molecule has 6 nitrogen and oxygen atoms in total. The molecule has 0 spiro atoms. The number of likely N-dealkylation sites (tertiary alicyclic amines) is 1. The Kier molecular flexibility index (Phi) is 5.52. The minimum atomic E-state index is -0.0499. The summed E-state index contributed by atoms with van der Waals surface area (Å²) in [7, 11) is 0. The van der Waals surface area contributed by atoms with E-state index in [0.29, 0.717) is 6.54 Å². The summed E-state index contributed by atoms with van der Waals surface area (Å²) in [6.45, 7) is 8.49. The Morgan fingerprint density at radius 2 is 1.73 bits per heavy atom. The molecule has 2 heterocycles. The second kappa shape index (κ2) is 8.11. The van der Waals surface area contributed by atoms with Crippen molar-refractivity contribution in [1.82, 2.24) is 14.5 Å². The van der Waals surface area contributed by atoms with Gasteiger partial charge in [-0.2, -0.15) is 0 Å². The van der Waals surface area contributed by atoms with Gasteiger partial charge in [0.05, 0.1) is 17.6 Å². The lowest BCUT2D eigenvalue weighted by atomic mass is 9.87. The van der Waals surface area contributed by atoms with Crippen LogP contribution in [0.2, 0.25) is 0 Å². The topological polar surface area (TPSA) is 70.1 Å². The Bertz CT molecular complexity index is 1080. The van der Waals surface area contributed by atoms with E-state index in [1.54, 1.807) is 0 Å². The summed E-state index contributed by atoms with van der Waals surface area (Å²) in [4.78, 5) is 30.0. The van der Waals surface area contributed by atoms with Gasteiger partial charge < -0.3 is 10.3 Å². The Balaban J connectivity index is 1.33. The number of carbonyl (C=O) groups is 1. The van der Waals surface area contributed by atoms with Crippen molar-refractivity contribution in [3.05, 3.63) is 64.6 Å². The smallest absolute Gasteiger partial charge is 0.325 e. The molecule has 2 N–H and O–H groups in total. The standard InChI is InChI=1S/C24H30N4O2/c1-24(2,3)17-8-10-18(11-9-17)25-22(29)16-27-14-12-19(13-15-27)28-21-7-5-4-6-20(21)26-23(28)30/h4-11,19H,12-16H2,1-3H3,(H,25,29)(H,26,30). The number of anilines is 1. The maximum atomic E-state index is 12.5. The van der Waals surface area contributed by atoms with Crippen LogP contribution >= 0.6 is 0 Å². The van der Waals surface area contributed by atoms with Gasteiger partial charge in [-0.1, -0.05) is 45.0 Å². The molecule has 1 amide bonds. The van der Waals surface area contributed by atoms with Gasteiger partial charge in [0.1, 0.15) is 0 Å². The molecule has 158 valence electrons. The number of nitrogens with zero attached hydrogens (tertiary/aromatic N) is 2. The fourth-order valence-corrected chi connectivity index (χ4v) is 4.23. The normalized spacial score (nSPS) is 16.1.